The van der Waals surface area contributed by atoms with Gasteiger partial charge in [-0.25, -0.2) is 0 Å². The summed E-state index contributed by atoms with van der Waals surface area (Å²) < 4.78 is 38.2. The van der Waals surface area contributed by atoms with Crippen LogP contribution >= 0.6 is 99.9 Å². The molecular formula is C92H90Br2O8S6Si2. The lowest BCUT2D eigenvalue weighted by atomic mass is 10.1. The summed E-state index contributed by atoms with van der Waals surface area (Å²) in [6, 6.07) is 83.9. The number of hydrogen-bond acceptors (Lipinski definition) is 14. The van der Waals surface area contributed by atoms with E-state index in [1.807, 2.05) is 124 Å². The van der Waals surface area contributed by atoms with Crippen LogP contribution in [0.5, 0.6) is 46.0 Å². The van der Waals surface area contributed by atoms with Crippen molar-refractivity contribution in [2.45, 2.75) is 51.6 Å². The Kier molecular flexibility index (Phi) is 32.9. The number of phenolic OH excluding ortho intramolecular Hbond substituents is 2. The Hall–Kier alpha value is -9.29. The molecule has 6 heterocycles. The summed E-state index contributed by atoms with van der Waals surface area (Å²) in [5.74, 6) is 4.97. The second kappa shape index (κ2) is 42.8. The first-order valence-corrected chi connectivity index (χ1v) is 46.0. The molecule has 0 spiro atoms. The number of methoxy groups -OCH3 is 4. The molecule has 0 saturated heterocycles. The molecule has 6 aromatic heterocycles. The Labute approximate surface area is 692 Å². The minimum atomic E-state index is -2.70. The number of rotatable bonds is 20. The van der Waals surface area contributed by atoms with Crippen molar-refractivity contribution in [2.24, 2.45) is 0 Å². The molecule has 0 aliphatic rings. The fraction of sp³-hybridized carbons (Fsp3) is 0.130. The van der Waals surface area contributed by atoms with E-state index < -0.39 is 16.6 Å². The molecule has 14 rings (SSSR count). The summed E-state index contributed by atoms with van der Waals surface area (Å²) in [6.45, 7) is 13.7. The first kappa shape index (κ1) is 84.7. The normalized spacial score (nSPS) is 11.4. The monoisotopic (exact) mass is 1730 g/mol. The highest BCUT2D eigenvalue weighted by Crippen LogP contribution is 2.41. The zero-order valence-electron chi connectivity index (χ0n) is 63.0. The third-order valence-electron chi connectivity index (χ3n) is 16.9. The van der Waals surface area contributed by atoms with Crippen LogP contribution in [0, 0.1) is 0 Å². The van der Waals surface area contributed by atoms with Gasteiger partial charge in [0.05, 0.1) is 32.2 Å². The van der Waals surface area contributed by atoms with E-state index in [9.17, 15) is 10.2 Å². The summed E-state index contributed by atoms with van der Waals surface area (Å²) in [5, 5.41) is 42.3. The summed E-state index contributed by atoms with van der Waals surface area (Å²) in [6.07, 6.45) is 16.4. The molecule has 0 saturated carbocycles. The zero-order chi connectivity index (χ0) is 78.2. The lowest BCUT2D eigenvalue weighted by molar-refractivity contribution is 0.407. The fourth-order valence-corrected chi connectivity index (χ4v) is 25.1. The molecule has 0 aliphatic carbocycles. The molecule has 0 amide bonds. The predicted octanol–water partition coefficient (Wildman–Crippen LogP) is 26.0. The first-order chi connectivity index (χ1) is 53.2. The second-order valence-corrected chi connectivity index (χ2v) is 42.7. The van der Waals surface area contributed by atoms with Crippen molar-refractivity contribution in [3.63, 3.8) is 0 Å². The van der Waals surface area contributed by atoms with Gasteiger partial charge in [-0.1, -0.05) is 218 Å². The van der Waals surface area contributed by atoms with E-state index in [4.69, 9.17) is 27.8 Å². The second-order valence-electron chi connectivity index (χ2n) is 26.7. The third-order valence-corrected chi connectivity index (χ3v) is 32.8. The molecular weight excluding hydrogens is 1640 g/mol. The van der Waals surface area contributed by atoms with E-state index in [0.717, 1.165) is 50.8 Å². The number of benzene rings is 8. The van der Waals surface area contributed by atoms with Crippen molar-refractivity contribution in [3.05, 3.63) is 349 Å². The van der Waals surface area contributed by atoms with Crippen LogP contribution in [0.3, 0.4) is 0 Å². The maximum absolute atomic E-state index is 9.47. The molecule has 18 heteroatoms. The minimum Gasteiger partial charge on any atom is -0.534 e. The quantitative estimate of drug-likeness (QED) is 0.0729. The van der Waals surface area contributed by atoms with Gasteiger partial charge in [-0.2, -0.15) is 34.0 Å². The van der Waals surface area contributed by atoms with E-state index in [2.05, 4.69) is 271 Å². The third kappa shape index (κ3) is 25.4. The van der Waals surface area contributed by atoms with Gasteiger partial charge in [0.25, 0.3) is 0 Å². The van der Waals surface area contributed by atoms with Gasteiger partial charge >= 0.3 is 16.6 Å². The van der Waals surface area contributed by atoms with Gasteiger partial charge in [0.2, 0.25) is 0 Å². The molecule has 0 bridgehead atoms. The van der Waals surface area contributed by atoms with Crippen LogP contribution in [0.2, 0.25) is 10.1 Å². The number of halogens is 2. The van der Waals surface area contributed by atoms with Crippen molar-refractivity contribution >= 4 is 186 Å². The zero-order valence-corrected chi connectivity index (χ0v) is 73.1. The Balaban J connectivity index is 0.000000167. The maximum Gasteiger partial charge on any atom is 0.319 e. The summed E-state index contributed by atoms with van der Waals surface area (Å²) in [7, 11) is 1.17. The molecule has 0 radical (unpaired) electrons. The molecule has 14 aromatic rings. The highest BCUT2D eigenvalue weighted by atomic mass is 79.9. The number of ether oxygens (including phenoxy) is 4. The number of thiophene rings is 6. The van der Waals surface area contributed by atoms with Crippen molar-refractivity contribution in [2.75, 3.05) is 28.4 Å². The van der Waals surface area contributed by atoms with Gasteiger partial charge in [-0.05, 0) is 236 Å². The van der Waals surface area contributed by atoms with Crippen LogP contribution in [-0.2, 0) is 0 Å². The van der Waals surface area contributed by atoms with Gasteiger partial charge < -0.3 is 38.0 Å². The van der Waals surface area contributed by atoms with E-state index in [-0.39, 0.29) is 21.6 Å². The fourth-order valence-electron chi connectivity index (χ4n) is 11.8. The highest BCUT2D eigenvalue weighted by molar-refractivity contribution is 9.11. The van der Waals surface area contributed by atoms with Gasteiger partial charge in [-0.15, -0.1) is 34.0 Å². The SMILES string of the molecule is Brc1cccs1.Brc1ccsc1.COc1cc(/C=C/c2cccs2)cc(O[Si](c2ccccc2)(c2ccccc2)C(C)(C)C)c1.COc1cc(/C=C/c2ccsc2)cc(O[Si](c2ccccc2)(c2ccccc2)C(C)(C)C)c1.COc1cc(O)cc(/C=C/c2cccs2)c1.COc1cc(O)cc(/C=C/c2ccsc2)c1. The van der Waals surface area contributed by atoms with Crippen molar-refractivity contribution in [1.82, 2.24) is 0 Å². The Morgan fingerprint density at radius 2 is 0.609 bits per heavy atom. The van der Waals surface area contributed by atoms with Gasteiger partial charge in [0.15, 0.2) is 0 Å². The van der Waals surface area contributed by atoms with E-state index in [0.29, 0.717) is 11.5 Å². The smallest absolute Gasteiger partial charge is 0.319 e. The molecule has 0 aliphatic heterocycles. The molecule has 2 N–H and O–H groups in total. The maximum atomic E-state index is 9.47. The molecule has 0 atom stereocenters. The lowest BCUT2D eigenvalue weighted by Gasteiger charge is -2.43. The lowest BCUT2D eigenvalue weighted by Crippen LogP contribution is -2.68. The number of hydrogen-bond donors (Lipinski definition) is 2. The minimum absolute atomic E-state index is 0.105. The summed E-state index contributed by atoms with van der Waals surface area (Å²) in [5.41, 5.74) is 6.29. The first-order valence-electron chi connectivity index (χ1n) is 35.1. The standard InChI is InChI=1S/2C29H30O2SSi.2C13H12O2S.2C4H3BrS/c1-29(2,3)33(27-13-7-5-8-14-27,28-15-9-6-10-16-28)31-25-21-23(20-24(22-25)30-4)17-18-26-12-11-19-32-26;1-29(2,3)33(27-11-7-5-8-12-27,28-13-9-6-10-14-28)31-26-20-24(19-25(21-26)30-4)16-15-23-17-18-32-22-23;1-15-13-7-11(6-12(14)8-13)3-2-10-4-5-16-9-10;1-15-12-8-10(7-11(14)9-12)4-5-13-3-2-6-16-13;5-4-1-2-6-3-4;5-4-2-1-3-6-4/h2*5-22H,1-4H3;2*2-9,14H,1H3;2*1-3H/b18-17+;16-15+;3-2+;5-4+;;. The van der Waals surface area contributed by atoms with Crippen LogP contribution in [0.1, 0.15) is 84.7 Å². The number of phenols is 2. The molecule has 564 valence electrons. The highest BCUT2D eigenvalue weighted by Gasteiger charge is 2.53. The molecule has 8 nitrogen and oxygen atoms in total. The molecule has 0 fully saturated rings. The summed E-state index contributed by atoms with van der Waals surface area (Å²) in [4.78, 5) is 2.40. The van der Waals surface area contributed by atoms with Crippen molar-refractivity contribution in [1.29, 1.82) is 0 Å². The van der Waals surface area contributed by atoms with Crippen molar-refractivity contribution < 1.29 is 38.0 Å². The van der Waals surface area contributed by atoms with Crippen LogP contribution in [0.25, 0.3) is 48.6 Å². The van der Waals surface area contributed by atoms with Crippen LogP contribution in [0.15, 0.2) is 305 Å². The largest absolute Gasteiger partial charge is 0.534 e. The van der Waals surface area contributed by atoms with Crippen LogP contribution < -0.4 is 48.5 Å². The van der Waals surface area contributed by atoms with E-state index in [1.54, 1.807) is 121 Å². The van der Waals surface area contributed by atoms with Crippen LogP contribution in [-0.4, -0.2) is 55.3 Å². The Morgan fingerprint density at radius 1 is 0.300 bits per heavy atom. The average molecular weight is 1730 g/mol. The molecule has 0 unspecified atom stereocenters. The molecule has 110 heavy (non-hydrogen) atoms. The topological polar surface area (TPSA) is 95.8 Å². The van der Waals surface area contributed by atoms with Crippen LogP contribution in [0.4, 0.5) is 0 Å². The Bertz CT molecular complexity index is 4660. The van der Waals surface area contributed by atoms with E-state index in [1.165, 1.54) is 44.3 Å². The van der Waals surface area contributed by atoms with Gasteiger partial charge in [0.1, 0.15) is 46.0 Å². The van der Waals surface area contributed by atoms with Gasteiger partial charge in [0, 0.05) is 43.9 Å². The van der Waals surface area contributed by atoms with Gasteiger partial charge in [-0.3, -0.25) is 0 Å². The predicted molar refractivity (Wildman–Crippen MR) is 489 cm³/mol. The van der Waals surface area contributed by atoms with E-state index >= 15 is 0 Å². The molecule has 8 aromatic carbocycles. The summed E-state index contributed by atoms with van der Waals surface area (Å²) >= 11 is 16.7. The number of aromatic hydroxyl groups is 2. The average Bonchev–Trinajstić information content (AvgIpc) is 1.15. The Morgan fingerprint density at radius 3 is 0.873 bits per heavy atom. The van der Waals surface area contributed by atoms with Crippen molar-refractivity contribution in [3.8, 4) is 46.0 Å².